The van der Waals surface area contributed by atoms with Crippen LogP contribution in [-0.4, -0.2) is 61.7 Å². The molecule has 98 valence electrons. The number of aliphatic hydroxyl groups is 1. The third kappa shape index (κ3) is 3.33. The number of ether oxygens (including phenoxy) is 2. The van der Waals surface area contributed by atoms with Gasteiger partial charge < -0.3 is 14.6 Å². The summed E-state index contributed by atoms with van der Waals surface area (Å²) in [5.41, 5.74) is 0. The van der Waals surface area contributed by atoms with Crippen LogP contribution < -0.4 is 0 Å². The van der Waals surface area contributed by atoms with Crippen molar-refractivity contribution in [1.29, 1.82) is 0 Å². The summed E-state index contributed by atoms with van der Waals surface area (Å²) in [6, 6.07) is 0. The summed E-state index contributed by atoms with van der Waals surface area (Å²) in [6.07, 6.45) is 1.68. The van der Waals surface area contributed by atoms with Gasteiger partial charge in [-0.1, -0.05) is 6.08 Å². The van der Waals surface area contributed by atoms with E-state index in [0.29, 0.717) is 0 Å². The molecular formula is C9H15NO6S. The lowest BCUT2D eigenvalue weighted by Gasteiger charge is -2.24. The molecule has 1 heterocycles. The smallest absolute Gasteiger partial charge is 0.296 e. The summed E-state index contributed by atoms with van der Waals surface area (Å²) in [5.74, 6) is 0. The van der Waals surface area contributed by atoms with Crippen LogP contribution in [0.3, 0.4) is 0 Å². The molecule has 0 radical (unpaired) electrons. The van der Waals surface area contributed by atoms with Gasteiger partial charge in [0.1, 0.15) is 6.10 Å². The Morgan fingerprint density at radius 1 is 1.65 bits per heavy atom. The van der Waals surface area contributed by atoms with Gasteiger partial charge in [-0.2, -0.15) is 8.42 Å². The van der Waals surface area contributed by atoms with E-state index in [-0.39, 0.29) is 19.8 Å². The van der Waals surface area contributed by atoms with E-state index in [9.17, 15) is 13.0 Å². The summed E-state index contributed by atoms with van der Waals surface area (Å²) in [5, 5.41) is 8.65. The predicted octanol–water partition coefficient (Wildman–Crippen LogP) is -0.765. The van der Waals surface area contributed by atoms with Crippen molar-refractivity contribution >= 4 is 16.3 Å². The monoisotopic (exact) mass is 265 g/mol. The van der Waals surface area contributed by atoms with Crippen LogP contribution in [0.4, 0.5) is 0 Å². The summed E-state index contributed by atoms with van der Waals surface area (Å²) in [4.78, 5) is 1.78. The third-order valence-corrected chi connectivity index (χ3v) is 3.60. The molecule has 0 spiro atoms. The van der Waals surface area contributed by atoms with Crippen LogP contribution in [0.25, 0.3) is 0 Å². The van der Waals surface area contributed by atoms with Gasteiger partial charge in [0.15, 0.2) is 0 Å². The first-order valence-corrected chi connectivity index (χ1v) is 6.34. The quantitative estimate of drug-likeness (QED) is 0.196. The lowest BCUT2D eigenvalue weighted by Crippen LogP contribution is -2.46. The highest BCUT2D eigenvalue weighted by Crippen LogP contribution is 2.33. The molecule has 0 aromatic rings. The maximum absolute atomic E-state index is 11.4. The molecule has 7 nitrogen and oxygen atoms in total. The molecular weight excluding hydrogens is 250 g/mol. The van der Waals surface area contributed by atoms with Crippen LogP contribution in [0.1, 0.15) is 0 Å². The fraction of sp³-hybridized carbons (Fsp3) is 0.667. The van der Waals surface area contributed by atoms with Crippen LogP contribution in [0, 0.1) is 0 Å². The third-order valence-electron chi connectivity index (χ3n) is 2.22. The summed E-state index contributed by atoms with van der Waals surface area (Å²) in [7, 11) is -4.51. The zero-order valence-corrected chi connectivity index (χ0v) is 9.97. The van der Waals surface area contributed by atoms with Crippen molar-refractivity contribution in [2.45, 2.75) is 11.0 Å². The SMILES string of the molecule is C=CCOCC(N=CCO)(C1CO1)S(=O)(=O)O. The average Bonchev–Trinajstić information content (AvgIpc) is 3.05. The van der Waals surface area contributed by atoms with Crippen LogP contribution in [0.2, 0.25) is 0 Å². The first kappa shape index (κ1) is 14.3. The molecule has 2 unspecified atom stereocenters. The number of aliphatic imine (C=N–C) groups is 1. The molecule has 1 saturated heterocycles. The lowest BCUT2D eigenvalue weighted by molar-refractivity contribution is 0.119. The molecule has 1 rings (SSSR count). The van der Waals surface area contributed by atoms with Crippen LogP contribution >= 0.6 is 0 Å². The van der Waals surface area contributed by atoms with Crippen molar-refractivity contribution in [3.05, 3.63) is 12.7 Å². The molecule has 1 fully saturated rings. The van der Waals surface area contributed by atoms with Gasteiger partial charge in [-0.15, -0.1) is 6.58 Å². The zero-order valence-electron chi connectivity index (χ0n) is 9.15. The fourth-order valence-electron chi connectivity index (χ4n) is 1.31. The maximum atomic E-state index is 11.4. The fourth-order valence-corrected chi connectivity index (χ4v) is 2.22. The number of nitrogens with zero attached hydrogens (tertiary/aromatic N) is 1. The van der Waals surface area contributed by atoms with E-state index in [1.165, 1.54) is 6.08 Å². The number of hydrogen-bond donors (Lipinski definition) is 2. The Morgan fingerprint density at radius 3 is 2.71 bits per heavy atom. The molecule has 0 bridgehead atoms. The van der Waals surface area contributed by atoms with E-state index >= 15 is 0 Å². The van der Waals surface area contributed by atoms with E-state index in [1.807, 2.05) is 0 Å². The summed E-state index contributed by atoms with van der Waals surface area (Å²) in [6.45, 7) is 2.91. The van der Waals surface area contributed by atoms with Gasteiger partial charge in [-0.25, -0.2) is 0 Å². The highest BCUT2D eigenvalue weighted by Gasteiger charge is 2.56. The number of hydrogen-bond acceptors (Lipinski definition) is 6. The van der Waals surface area contributed by atoms with E-state index in [1.54, 1.807) is 0 Å². The van der Waals surface area contributed by atoms with Gasteiger partial charge >= 0.3 is 0 Å². The molecule has 0 aromatic heterocycles. The Balaban J connectivity index is 2.94. The maximum Gasteiger partial charge on any atom is 0.296 e. The Hall–Kier alpha value is -0.800. The average molecular weight is 265 g/mol. The zero-order chi connectivity index (χ0) is 12.9. The summed E-state index contributed by atoms with van der Waals surface area (Å²) < 4.78 is 42.0. The first-order valence-electron chi connectivity index (χ1n) is 4.90. The van der Waals surface area contributed by atoms with Crippen LogP contribution in [-0.2, 0) is 19.6 Å². The normalized spacial score (nSPS) is 23.5. The molecule has 1 aliphatic rings. The minimum Gasteiger partial charge on any atom is -0.391 e. The molecule has 0 aromatic carbocycles. The number of aliphatic hydroxyl groups excluding tert-OH is 1. The molecule has 0 aliphatic carbocycles. The van der Waals surface area contributed by atoms with Crippen molar-refractivity contribution in [2.75, 3.05) is 26.4 Å². The van der Waals surface area contributed by atoms with Gasteiger partial charge in [0.05, 0.1) is 26.4 Å². The second-order valence-corrected chi connectivity index (χ2v) is 5.10. The molecule has 1 aliphatic heterocycles. The van der Waals surface area contributed by atoms with Gasteiger partial charge in [-0.05, 0) is 0 Å². The second-order valence-electron chi connectivity index (χ2n) is 3.44. The van der Waals surface area contributed by atoms with Crippen LogP contribution in [0.5, 0.6) is 0 Å². The van der Waals surface area contributed by atoms with E-state index in [0.717, 1.165) is 6.21 Å². The molecule has 17 heavy (non-hydrogen) atoms. The minimum atomic E-state index is -4.51. The van der Waals surface area contributed by atoms with Crippen molar-refractivity contribution < 1.29 is 27.6 Å². The van der Waals surface area contributed by atoms with Gasteiger partial charge in [0.25, 0.3) is 10.1 Å². The van der Waals surface area contributed by atoms with Crippen molar-refractivity contribution in [1.82, 2.24) is 0 Å². The molecule has 2 atom stereocenters. The van der Waals surface area contributed by atoms with Crippen molar-refractivity contribution in [2.24, 2.45) is 4.99 Å². The molecule has 8 heteroatoms. The Morgan fingerprint density at radius 2 is 2.29 bits per heavy atom. The van der Waals surface area contributed by atoms with Crippen molar-refractivity contribution in [3.63, 3.8) is 0 Å². The lowest BCUT2D eigenvalue weighted by atomic mass is 10.2. The van der Waals surface area contributed by atoms with Crippen LogP contribution in [0.15, 0.2) is 17.6 Å². The Labute approximate surface area is 99.5 Å². The standard InChI is InChI=1S/C9H15NO6S/c1-2-5-15-7-9(8-6-16-8,10-3-4-11)17(12,13)14/h2-3,8,11H,1,4-7H2,(H,12,13,14). The Kier molecular flexibility index (Phi) is 4.78. The number of epoxide rings is 1. The van der Waals surface area contributed by atoms with E-state index in [4.69, 9.17) is 14.6 Å². The highest BCUT2D eigenvalue weighted by molar-refractivity contribution is 7.87. The minimum absolute atomic E-state index is 0.124. The van der Waals surface area contributed by atoms with E-state index in [2.05, 4.69) is 11.6 Å². The molecule has 0 amide bonds. The second kappa shape index (κ2) is 5.69. The van der Waals surface area contributed by atoms with Gasteiger partial charge in [0.2, 0.25) is 4.87 Å². The first-order chi connectivity index (χ1) is 7.98. The topological polar surface area (TPSA) is 109 Å². The molecule has 0 saturated carbocycles. The van der Waals surface area contributed by atoms with E-state index < -0.39 is 27.7 Å². The molecule has 2 N–H and O–H groups in total. The largest absolute Gasteiger partial charge is 0.391 e. The summed E-state index contributed by atoms with van der Waals surface area (Å²) >= 11 is 0. The number of rotatable bonds is 8. The van der Waals surface area contributed by atoms with Gasteiger partial charge in [-0.3, -0.25) is 9.55 Å². The van der Waals surface area contributed by atoms with Crippen molar-refractivity contribution in [3.8, 4) is 0 Å². The van der Waals surface area contributed by atoms with Gasteiger partial charge in [0, 0.05) is 6.21 Å². The highest BCUT2D eigenvalue weighted by atomic mass is 32.2. The Bertz CT molecular complexity index is 388. The predicted molar refractivity (Wildman–Crippen MR) is 60.6 cm³/mol.